The van der Waals surface area contributed by atoms with Gasteiger partial charge in [0.15, 0.2) is 0 Å². The first kappa shape index (κ1) is 13.4. The van der Waals surface area contributed by atoms with E-state index in [0.29, 0.717) is 6.54 Å². The topological polar surface area (TPSA) is 79.9 Å². The van der Waals surface area contributed by atoms with Crippen LogP contribution in [0.2, 0.25) is 0 Å². The molecule has 2 heterocycles. The summed E-state index contributed by atoms with van der Waals surface area (Å²) in [5.74, 6) is 0. The van der Waals surface area contributed by atoms with Gasteiger partial charge in [0.25, 0.3) is 0 Å². The van der Waals surface area contributed by atoms with Crippen LogP contribution in [0.25, 0.3) is 10.9 Å². The monoisotopic (exact) mass is 292 g/mol. The highest BCUT2D eigenvalue weighted by molar-refractivity contribution is 5.85. The van der Waals surface area contributed by atoms with Crippen molar-refractivity contribution in [1.29, 1.82) is 0 Å². The van der Waals surface area contributed by atoms with Gasteiger partial charge in [-0.2, -0.15) is 0 Å². The number of benzene rings is 2. The van der Waals surface area contributed by atoms with Crippen LogP contribution in [0.4, 0.5) is 5.69 Å². The minimum absolute atomic E-state index is 0.0610. The molecule has 0 aliphatic carbocycles. The molecular weight excluding hydrogens is 272 g/mol. The molecule has 0 saturated carbocycles. The Morgan fingerprint density at radius 2 is 1.82 bits per heavy atom. The minimum atomic E-state index is 0.0610. The highest BCUT2D eigenvalue weighted by atomic mass is 15.0. The molecule has 1 aliphatic rings. The second-order valence-corrected chi connectivity index (χ2v) is 5.93. The highest BCUT2D eigenvalue weighted by Crippen LogP contribution is 2.36. The van der Waals surface area contributed by atoms with Crippen molar-refractivity contribution in [3.8, 4) is 0 Å². The quantitative estimate of drug-likeness (QED) is 0.547. The van der Waals surface area contributed by atoms with Gasteiger partial charge in [0.1, 0.15) is 0 Å². The van der Waals surface area contributed by atoms with E-state index >= 15 is 0 Å². The van der Waals surface area contributed by atoms with Crippen LogP contribution in [0.15, 0.2) is 48.5 Å². The summed E-state index contributed by atoms with van der Waals surface area (Å²) in [5.41, 5.74) is 17.8. The molecule has 4 heteroatoms. The fourth-order valence-corrected chi connectivity index (χ4v) is 3.48. The smallest absolute Gasteiger partial charge is 0.0755 e. The van der Waals surface area contributed by atoms with E-state index in [1.807, 2.05) is 18.2 Å². The molecule has 1 aromatic heterocycles. The summed E-state index contributed by atoms with van der Waals surface area (Å²) in [6, 6.07) is 16.8. The Bertz CT molecular complexity index is 821. The van der Waals surface area contributed by atoms with Crippen molar-refractivity contribution in [2.75, 3.05) is 12.3 Å². The molecule has 2 atom stereocenters. The van der Waals surface area contributed by atoms with Crippen molar-refractivity contribution in [3.63, 3.8) is 0 Å². The summed E-state index contributed by atoms with van der Waals surface area (Å²) in [5, 5.41) is 4.93. The van der Waals surface area contributed by atoms with Gasteiger partial charge in [-0.1, -0.05) is 36.4 Å². The Hall–Kier alpha value is -2.30. The lowest BCUT2D eigenvalue weighted by molar-refractivity contribution is 0.441. The summed E-state index contributed by atoms with van der Waals surface area (Å²) in [6.07, 6.45) is 0.944. The van der Waals surface area contributed by atoms with Gasteiger partial charge in [0, 0.05) is 34.9 Å². The fraction of sp³-hybridized carbons (Fsp3) is 0.222. The number of rotatable bonds is 2. The molecular formula is C18H20N4. The van der Waals surface area contributed by atoms with Crippen LogP contribution < -0.4 is 16.8 Å². The second kappa shape index (κ2) is 5.16. The molecule has 2 aromatic carbocycles. The van der Waals surface area contributed by atoms with E-state index in [1.54, 1.807) is 0 Å². The molecule has 0 amide bonds. The number of nitrogens with two attached hydrogens (primary N) is 2. The SMILES string of the molecule is NC[C@@H]1Cc2c([nH]c3ccccc23)C(c2ccccc2N)N1. The van der Waals surface area contributed by atoms with Gasteiger partial charge in [-0.25, -0.2) is 0 Å². The van der Waals surface area contributed by atoms with Crippen LogP contribution in [0, 0.1) is 0 Å². The van der Waals surface area contributed by atoms with Gasteiger partial charge in [0.2, 0.25) is 0 Å². The van der Waals surface area contributed by atoms with Crippen molar-refractivity contribution in [2.24, 2.45) is 5.73 Å². The third-order valence-electron chi connectivity index (χ3n) is 4.58. The summed E-state index contributed by atoms with van der Waals surface area (Å²) in [6.45, 7) is 0.613. The average molecular weight is 292 g/mol. The Morgan fingerprint density at radius 1 is 1.05 bits per heavy atom. The van der Waals surface area contributed by atoms with Crippen LogP contribution in [-0.4, -0.2) is 17.6 Å². The number of H-pyrrole nitrogens is 1. The molecule has 22 heavy (non-hydrogen) atoms. The van der Waals surface area contributed by atoms with Crippen LogP contribution >= 0.6 is 0 Å². The Labute approximate surface area is 129 Å². The van der Waals surface area contributed by atoms with E-state index in [2.05, 4.69) is 40.6 Å². The first-order valence-electron chi connectivity index (χ1n) is 7.68. The Morgan fingerprint density at radius 3 is 2.64 bits per heavy atom. The first-order valence-corrected chi connectivity index (χ1v) is 7.68. The predicted molar refractivity (Wildman–Crippen MR) is 90.7 cm³/mol. The zero-order chi connectivity index (χ0) is 15.1. The summed E-state index contributed by atoms with van der Waals surface area (Å²) in [7, 11) is 0. The molecule has 0 radical (unpaired) electrons. The van der Waals surface area contributed by atoms with Crippen LogP contribution in [0.1, 0.15) is 22.9 Å². The van der Waals surface area contributed by atoms with Gasteiger partial charge in [-0.05, 0) is 29.7 Å². The third-order valence-corrected chi connectivity index (χ3v) is 4.58. The number of hydrogen-bond donors (Lipinski definition) is 4. The number of aromatic amines is 1. The Kier molecular flexibility index (Phi) is 3.13. The molecule has 1 aliphatic heterocycles. The van der Waals surface area contributed by atoms with E-state index < -0.39 is 0 Å². The molecule has 0 bridgehead atoms. The fourth-order valence-electron chi connectivity index (χ4n) is 3.48. The van der Waals surface area contributed by atoms with Crippen LogP contribution in [0.5, 0.6) is 0 Å². The largest absolute Gasteiger partial charge is 0.398 e. The summed E-state index contributed by atoms with van der Waals surface area (Å²) >= 11 is 0. The molecule has 6 N–H and O–H groups in total. The number of fused-ring (bicyclic) bond motifs is 3. The lowest BCUT2D eigenvalue weighted by atomic mass is 9.90. The molecule has 0 spiro atoms. The number of aromatic nitrogens is 1. The maximum absolute atomic E-state index is 6.20. The maximum Gasteiger partial charge on any atom is 0.0755 e. The van der Waals surface area contributed by atoms with Gasteiger partial charge in [-0.15, -0.1) is 0 Å². The summed E-state index contributed by atoms with van der Waals surface area (Å²) < 4.78 is 0. The zero-order valence-corrected chi connectivity index (χ0v) is 12.3. The Balaban J connectivity index is 1.92. The third kappa shape index (κ3) is 2.00. The average Bonchev–Trinajstić information content (AvgIpc) is 2.93. The van der Waals surface area contributed by atoms with Crippen molar-refractivity contribution >= 4 is 16.6 Å². The van der Waals surface area contributed by atoms with E-state index in [9.17, 15) is 0 Å². The summed E-state index contributed by atoms with van der Waals surface area (Å²) in [4.78, 5) is 3.58. The first-order chi connectivity index (χ1) is 10.8. The highest BCUT2D eigenvalue weighted by Gasteiger charge is 2.30. The number of nitrogen functional groups attached to an aromatic ring is 1. The zero-order valence-electron chi connectivity index (χ0n) is 12.3. The van der Waals surface area contributed by atoms with E-state index in [-0.39, 0.29) is 12.1 Å². The number of nitrogens with one attached hydrogen (secondary N) is 2. The number of hydrogen-bond acceptors (Lipinski definition) is 3. The molecule has 3 aromatic rings. The van der Waals surface area contributed by atoms with Crippen molar-refractivity contribution in [3.05, 3.63) is 65.4 Å². The number of anilines is 1. The van der Waals surface area contributed by atoms with Gasteiger partial charge < -0.3 is 21.8 Å². The second-order valence-electron chi connectivity index (χ2n) is 5.93. The van der Waals surface area contributed by atoms with Crippen molar-refractivity contribution in [2.45, 2.75) is 18.5 Å². The molecule has 1 unspecified atom stereocenters. The van der Waals surface area contributed by atoms with E-state index in [4.69, 9.17) is 11.5 Å². The van der Waals surface area contributed by atoms with Crippen molar-refractivity contribution < 1.29 is 0 Å². The lowest BCUT2D eigenvalue weighted by Gasteiger charge is -2.31. The van der Waals surface area contributed by atoms with E-state index in [0.717, 1.165) is 17.7 Å². The predicted octanol–water partition coefficient (Wildman–Crippen LogP) is 2.31. The van der Waals surface area contributed by atoms with Gasteiger partial charge in [-0.3, -0.25) is 0 Å². The minimum Gasteiger partial charge on any atom is -0.398 e. The molecule has 0 saturated heterocycles. The number of para-hydroxylation sites is 2. The normalized spacial score (nSPS) is 21.0. The van der Waals surface area contributed by atoms with Crippen LogP contribution in [0.3, 0.4) is 0 Å². The van der Waals surface area contributed by atoms with Crippen LogP contribution in [-0.2, 0) is 6.42 Å². The van der Waals surface area contributed by atoms with E-state index in [1.165, 1.54) is 22.2 Å². The molecule has 0 fully saturated rings. The molecule has 4 rings (SSSR count). The standard InChI is InChI=1S/C18H20N4/c19-10-11-9-14-12-5-2-4-8-16(12)22-18(14)17(21-11)13-6-1-3-7-15(13)20/h1-8,11,17,21-22H,9-10,19-20H2/t11-,17?/m0/s1. The van der Waals surface area contributed by atoms with Gasteiger partial charge in [0.05, 0.1) is 6.04 Å². The molecule has 4 nitrogen and oxygen atoms in total. The van der Waals surface area contributed by atoms with Gasteiger partial charge >= 0.3 is 0 Å². The maximum atomic E-state index is 6.20. The molecule has 112 valence electrons. The van der Waals surface area contributed by atoms with Crippen molar-refractivity contribution in [1.82, 2.24) is 10.3 Å². The lowest BCUT2D eigenvalue weighted by Crippen LogP contribution is -2.44.